The lowest BCUT2D eigenvalue weighted by molar-refractivity contribution is 0.606. The molecule has 0 bridgehead atoms. The van der Waals surface area contributed by atoms with Crippen LogP contribution in [0.4, 0.5) is 0 Å². The SMILES string of the molecule is [N-]=[N+]=NC#CC(N)(N)N. The molecule has 0 rings (SSSR count). The predicted molar refractivity (Wildman–Crippen MR) is 32.2 cm³/mol. The van der Waals surface area contributed by atoms with Crippen LogP contribution in [0.3, 0.4) is 0 Å². The Hall–Kier alpha value is -1.25. The van der Waals surface area contributed by atoms with E-state index in [0.717, 1.165) is 0 Å². The molecule has 0 atom stereocenters. The van der Waals surface area contributed by atoms with Crippen molar-refractivity contribution in [3.63, 3.8) is 0 Å². The Balaban J connectivity index is 4.03. The molecule has 0 aromatic heterocycles. The molecule has 0 aromatic rings. The fourth-order valence-corrected chi connectivity index (χ4v) is 0.144. The first-order chi connectivity index (χ1) is 4.06. The summed E-state index contributed by atoms with van der Waals surface area (Å²) in [6, 6.07) is 1.96. The van der Waals surface area contributed by atoms with E-state index in [1.54, 1.807) is 0 Å². The summed E-state index contributed by atoms with van der Waals surface area (Å²) in [6.45, 7) is 0. The third-order valence-corrected chi connectivity index (χ3v) is 0.367. The molecule has 0 amide bonds. The summed E-state index contributed by atoms with van der Waals surface area (Å²) in [5.41, 5.74) is 22.6. The van der Waals surface area contributed by atoms with E-state index in [1.807, 2.05) is 6.04 Å². The van der Waals surface area contributed by atoms with Crippen LogP contribution >= 0.6 is 0 Å². The Morgan fingerprint density at radius 1 is 1.44 bits per heavy atom. The van der Waals surface area contributed by atoms with Crippen molar-refractivity contribution in [1.82, 2.24) is 0 Å². The van der Waals surface area contributed by atoms with Gasteiger partial charge < -0.3 is 0 Å². The van der Waals surface area contributed by atoms with Gasteiger partial charge in [0.15, 0.2) is 5.79 Å². The largest absolute Gasteiger partial charge is 0.291 e. The molecule has 0 radical (unpaired) electrons. The third kappa shape index (κ3) is 6.75. The van der Waals surface area contributed by atoms with E-state index in [2.05, 4.69) is 15.9 Å². The number of azide groups is 1. The highest BCUT2D eigenvalue weighted by Crippen LogP contribution is 1.70. The Morgan fingerprint density at radius 2 is 2.00 bits per heavy atom. The minimum atomic E-state index is -1.58. The molecule has 0 unspecified atom stereocenters. The summed E-state index contributed by atoms with van der Waals surface area (Å²) in [5.74, 6) is 0.510. The molecule has 0 aromatic carbocycles. The number of nitrogens with zero attached hydrogens (tertiary/aromatic N) is 3. The molecule has 48 valence electrons. The van der Waals surface area contributed by atoms with Crippen LogP contribution in [0.25, 0.3) is 10.4 Å². The fourth-order valence-electron chi connectivity index (χ4n) is 0.144. The first kappa shape index (κ1) is 7.75. The number of rotatable bonds is 0. The van der Waals surface area contributed by atoms with Crippen LogP contribution in [0, 0.1) is 12.0 Å². The van der Waals surface area contributed by atoms with E-state index < -0.39 is 5.79 Å². The van der Waals surface area contributed by atoms with Crippen LogP contribution in [-0.2, 0) is 0 Å². The zero-order chi connectivity index (χ0) is 7.33. The summed E-state index contributed by atoms with van der Waals surface area (Å²) in [4.78, 5) is 2.32. The van der Waals surface area contributed by atoms with Crippen molar-refractivity contribution in [3.8, 4) is 12.0 Å². The first-order valence-corrected chi connectivity index (χ1v) is 1.99. The zero-order valence-electron chi connectivity index (χ0n) is 4.57. The molecular weight excluding hydrogens is 120 g/mol. The van der Waals surface area contributed by atoms with Crippen LogP contribution in [0.15, 0.2) is 5.11 Å². The van der Waals surface area contributed by atoms with E-state index in [1.165, 1.54) is 0 Å². The Morgan fingerprint density at radius 3 is 2.33 bits per heavy atom. The van der Waals surface area contributed by atoms with Gasteiger partial charge in [0, 0.05) is 4.91 Å². The Kier molecular flexibility index (Phi) is 2.51. The van der Waals surface area contributed by atoms with Gasteiger partial charge in [0.1, 0.15) is 0 Å². The molecule has 6 N–H and O–H groups in total. The maximum atomic E-state index is 7.70. The van der Waals surface area contributed by atoms with E-state index in [0.29, 0.717) is 0 Å². The highest BCUT2D eigenvalue weighted by molar-refractivity contribution is 5.09. The van der Waals surface area contributed by atoms with Crippen LogP contribution in [-0.4, -0.2) is 5.79 Å². The molecule has 0 aliphatic rings. The molecule has 6 heteroatoms. The maximum Gasteiger partial charge on any atom is 0.181 e. The molecular formula is C3H6N6. The molecule has 0 aliphatic carbocycles. The van der Waals surface area contributed by atoms with Gasteiger partial charge in [-0.3, -0.25) is 17.2 Å². The standard InChI is InChI=1S/C3H6N6/c4-3(5,6)1-2-8-9-7/h4-6H2. The monoisotopic (exact) mass is 126 g/mol. The average molecular weight is 126 g/mol. The normalized spacial score (nSPS) is 8.78. The molecule has 0 heterocycles. The number of nitrogens with two attached hydrogens (primary N) is 3. The molecule has 0 spiro atoms. The second-order valence-corrected chi connectivity index (χ2v) is 1.36. The van der Waals surface area contributed by atoms with Gasteiger partial charge in [-0.05, 0) is 22.6 Å². The summed E-state index contributed by atoms with van der Waals surface area (Å²) < 4.78 is 0. The molecule has 0 saturated carbocycles. The van der Waals surface area contributed by atoms with Crippen molar-refractivity contribution < 1.29 is 0 Å². The lowest BCUT2D eigenvalue weighted by atomic mass is 10.4. The maximum absolute atomic E-state index is 7.70. The Labute approximate surface area is 51.6 Å². The molecule has 0 saturated heterocycles. The Bertz CT molecular complexity index is 183. The highest BCUT2D eigenvalue weighted by atomic mass is 15.1. The minimum absolute atomic E-state index is 1.58. The summed E-state index contributed by atoms with van der Waals surface area (Å²) in [7, 11) is 0. The van der Waals surface area contributed by atoms with Crippen molar-refractivity contribution in [1.29, 1.82) is 0 Å². The van der Waals surface area contributed by atoms with Crippen LogP contribution in [0.2, 0.25) is 0 Å². The van der Waals surface area contributed by atoms with Gasteiger partial charge in [-0.1, -0.05) is 0 Å². The van der Waals surface area contributed by atoms with Gasteiger partial charge >= 0.3 is 0 Å². The quantitative estimate of drug-likeness (QED) is 0.124. The topological polar surface area (TPSA) is 127 Å². The van der Waals surface area contributed by atoms with Gasteiger partial charge in [-0.15, -0.1) is 0 Å². The van der Waals surface area contributed by atoms with Crippen molar-refractivity contribution >= 4 is 0 Å². The average Bonchev–Trinajstić information content (AvgIpc) is 1.63. The van der Waals surface area contributed by atoms with Gasteiger partial charge in [0.05, 0.1) is 0 Å². The molecule has 9 heavy (non-hydrogen) atoms. The van der Waals surface area contributed by atoms with Crippen molar-refractivity contribution in [2.75, 3.05) is 0 Å². The second-order valence-electron chi connectivity index (χ2n) is 1.36. The van der Waals surface area contributed by atoms with Gasteiger partial charge in [0.25, 0.3) is 0 Å². The minimum Gasteiger partial charge on any atom is -0.291 e. The van der Waals surface area contributed by atoms with Crippen LogP contribution in [0.1, 0.15) is 0 Å². The van der Waals surface area contributed by atoms with Gasteiger partial charge in [0.2, 0.25) is 0 Å². The summed E-state index contributed by atoms with van der Waals surface area (Å²) in [5, 5.41) is 2.84. The second kappa shape index (κ2) is 2.91. The van der Waals surface area contributed by atoms with Crippen molar-refractivity contribution in [2.45, 2.75) is 5.79 Å². The van der Waals surface area contributed by atoms with Crippen LogP contribution < -0.4 is 17.2 Å². The summed E-state index contributed by atoms with van der Waals surface area (Å²) in [6.07, 6.45) is 0. The van der Waals surface area contributed by atoms with E-state index >= 15 is 0 Å². The van der Waals surface area contributed by atoms with E-state index in [4.69, 9.17) is 22.7 Å². The van der Waals surface area contributed by atoms with Crippen LogP contribution in [0.5, 0.6) is 0 Å². The summed E-state index contributed by atoms with van der Waals surface area (Å²) >= 11 is 0. The van der Waals surface area contributed by atoms with E-state index in [9.17, 15) is 0 Å². The van der Waals surface area contributed by atoms with Gasteiger partial charge in [-0.2, -0.15) is 0 Å². The number of hydrogen-bond acceptors (Lipinski definition) is 4. The van der Waals surface area contributed by atoms with E-state index in [-0.39, 0.29) is 0 Å². The third-order valence-electron chi connectivity index (χ3n) is 0.367. The lowest BCUT2D eigenvalue weighted by Gasteiger charge is -2.06. The van der Waals surface area contributed by atoms with Crippen molar-refractivity contribution in [2.24, 2.45) is 22.3 Å². The predicted octanol–water partition coefficient (Wildman–Crippen LogP) is -1.21. The lowest BCUT2D eigenvalue weighted by Crippen LogP contribution is -2.56. The fraction of sp³-hybridized carbons (Fsp3) is 0.333. The molecule has 0 aliphatic heterocycles. The van der Waals surface area contributed by atoms with Crippen molar-refractivity contribution in [3.05, 3.63) is 10.4 Å². The first-order valence-electron chi connectivity index (χ1n) is 1.99. The van der Waals surface area contributed by atoms with Gasteiger partial charge in [-0.25, -0.2) is 0 Å². The zero-order valence-corrected chi connectivity index (χ0v) is 4.57. The molecule has 6 nitrogen and oxygen atoms in total. The smallest absolute Gasteiger partial charge is 0.181 e. The molecule has 0 fully saturated rings. The highest BCUT2D eigenvalue weighted by Gasteiger charge is 2.03. The number of hydrogen-bond donors (Lipinski definition) is 3.